The zero-order valence-electron chi connectivity index (χ0n) is 12.3. The van der Waals surface area contributed by atoms with E-state index in [2.05, 4.69) is 10.6 Å². The minimum Gasteiger partial charge on any atom is -0.508 e. The summed E-state index contributed by atoms with van der Waals surface area (Å²) in [5.41, 5.74) is -0.260. The van der Waals surface area contributed by atoms with Crippen molar-refractivity contribution in [2.45, 2.75) is 0 Å². The highest BCUT2D eigenvalue weighted by Gasteiger charge is 2.12. The lowest BCUT2D eigenvalue weighted by Crippen LogP contribution is -2.35. The number of amides is 2. The van der Waals surface area contributed by atoms with Crippen molar-refractivity contribution in [3.63, 3.8) is 0 Å². The van der Waals surface area contributed by atoms with Gasteiger partial charge in [-0.15, -0.1) is 0 Å². The lowest BCUT2D eigenvalue weighted by molar-refractivity contribution is 0.0925. The quantitative estimate of drug-likeness (QED) is 0.623. The van der Waals surface area contributed by atoms with Crippen molar-refractivity contribution in [2.75, 3.05) is 13.1 Å². The Bertz CT molecular complexity index is 760. The number of phenols is 2. The molecule has 2 rings (SSSR count). The average molecular weight is 336 g/mol. The molecule has 0 saturated carbocycles. The zero-order valence-corrected chi connectivity index (χ0v) is 12.3. The average Bonchev–Trinajstić information content (AvgIpc) is 2.50. The summed E-state index contributed by atoms with van der Waals surface area (Å²) in [5, 5.41) is 23.4. The van der Waals surface area contributed by atoms with Crippen LogP contribution in [-0.2, 0) is 0 Å². The van der Waals surface area contributed by atoms with Crippen molar-refractivity contribution in [3.8, 4) is 11.5 Å². The minimum absolute atomic E-state index is 0.00614. The summed E-state index contributed by atoms with van der Waals surface area (Å²) in [6.45, 7) is 0.0377. The Balaban J connectivity index is 1.84. The van der Waals surface area contributed by atoms with Gasteiger partial charge in [-0.3, -0.25) is 9.59 Å². The van der Waals surface area contributed by atoms with E-state index in [4.69, 9.17) is 0 Å². The Labute approximate surface area is 135 Å². The predicted octanol–water partition coefficient (Wildman–Crippen LogP) is 1.54. The van der Waals surface area contributed by atoms with Crippen LogP contribution in [-0.4, -0.2) is 35.1 Å². The maximum absolute atomic E-state index is 13.4. The molecule has 0 aliphatic heterocycles. The maximum atomic E-state index is 13.4. The first-order chi connectivity index (χ1) is 11.4. The van der Waals surface area contributed by atoms with Gasteiger partial charge in [0, 0.05) is 30.8 Å². The van der Waals surface area contributed by atoms with E-state index in [0.717, 1.165) is 18.2 Å². The number of aromatic hydroxyl groups is 2. The van der Waals surface area contributed by atoms with E-state index in [0.29, 0.717) is 6.07 Å². The van der Waals surface area contributed by atoms with E-state index in [9.17, 15) is 28.6 Å². The number of nitrogens with one attached hydrogen (secondary N) is 2. The van der Waals surface area contributed by atoms with E-state index >= 15 is 0 Å². The van der Waals surface area contributed by atoms with Crippen LogP contribution in [0.3, 0.4) is 0 Å². The highest BCUT2D eigenvalue weighted by molar-refractivity contribution is 5.95. The van der Waals surface area contributed by atoms with E-state index in [-0.39, 0.29) is 35.7 Å². The standard InChI is InChI=1S/C16H14F2N2O4/c17-10-1-2-13(14(18)7-10)16(24)20-4-3-19-15(23)9-5-11(21)8-12(22)6-9/h1-2,5-8,21-22H,3-4H2,(H,19,23)(H,20,24). The molecule has 0 aromatic heterocycles. The number of carbonyl (C=O) groups excluding carboxylic acids is 2. The van der Waals surface area contributed by atoms with Crippen molar-refractivity contribution in [2.24, 2.45) is 0 Å². The molecule has 24 heavy (non-hydrogen) atoms. The van der Waals surface area contributed by atoms with Gasteiger partial charge in [0.25, 0.3) is 11.8 Å². The van der Waals surface area contributed by atoms with Crippen LogP contribution in [0.15, 0.2) is 36.4 Å². The first-order valence-corrected chi connectivity index (χ1v) is 6.91. The third kappa shape index (κ3) is 4.42. The highest BCUT2D eigenvalue weighted by atomic mass is 19.1. The maximum Gasteiger partial charge on any atom is 0.254 e. The minimum atomic E-state index is -0.980. The lowest BCUT2D eigenvalue weighted by atomic mass is 10.2. The van der Waals surface area contributed by atoms with Crippen molar-refractivity contribution in [1.82, 2.24) is 10.6 Å². The molecule has 0 saturated heterocycles. The summed E-state index contributed by atoms with van der Waals surface area (Å²) < 4.78 is 26.2. The fourth-order valence-corrected chi connectivity index (χ4v) is 1.95. The fraction of sp³-hybridized carbons (Fsp3) is 0.125. The van der Waals surface area contributed by atoms with Crippen LogP contribution in [0, 0.1) is 11.6 Å². The number of hydrogen-bond donors (Lipinski definition) is 4. The van der Waals surface area contributed by atoms with Gasteiger partial charge in [0.05, 0.1) is 5.56 Å². The Morgan fingerprint density at radius 2 is 1.46 bits per heavy atom. The fourth-order valence-electron chi connectivity index (χ4n) is 1.95. The largest absolute Gasteiger partial charge is 0.508 e. The summed E-state index contributed by atoms with van der Waals surface area (Å²) in [4.78, 5) is 23.5. The predicted molar refractivity (Wildman–Crippen MR) is 80.8 cm³/mol. The van der Waals surface area contributed by atoms with Crippen LogP contribution in [0.4, 0.5) is 8.78 Å². The summed E-state index contributed by atoms with van der Waals surface area (Å²) in [6.07, 6.45) is 0. The molecule has 0 aliphatic rings. The number of carbonyl (C=O) groups is 2. The Hall–Kier alpha value is -3.16. The smallest absolute Gasteiger partial charge is 0.254 e. The van der Waals surface area contributed by atoms with E-state index in [1.807, 2.05) is 0 Å². The second kappa shape index (κ2) is 7.40. The molecular formula is C16H14F2N2O4. The molecule has 2 amide bonds. The van der Waals surface area contributed by atoms with Crippen molar-refractivity contribution < 1.29 is 28.6 Å². The van der Waals surface area contributed by atoms with Gasteiger partial charge >= 0.3 is 0 Å². The van der Waals surface area contributed by atoms with E-state index in [1.165, 1.54) is 12.1 Å². The Morgan fingerprint density at radius 3 is 2.04 bits per heavy atom. The molecular weight excluding hydrogens is 322 g/mol. The molecule has 2 aromatic rings. The van der Waals surface area contributed by atoms with E-state index in [1.54, 1.807) is 0 Å². The van der Waals surface area contributed by atoms with Gasteiger partial charge in [-0.2, -0.15) is 0 Å². The summed E-state index contributed by atoms with van der Waals surface area (Å²) in [7, 11) is 0. The summed E-state index contributed by atoms with van der Waals surface area (Å²) in [5.74, 6) is -3.60. The normalized spacial score (nSPS) is 10.2. The SMILES string of the molecule is O=C(NCCNC(=O)c1ccc(F)cc1F)c1cc(O)cc(O)c1. The van der Waals surface area contributed by atoms with Crippen molar-refractivity contribution >= 4 is 11.8 Å². The number of halogens is 2. The van der Waals surface area contributed by atoms with Gasteiger partial charge in [0.2, 0.25) is 0 Å². The topological polar surface area (TPSA) is 98.7 Å². The first kappa shape index (κ1) is 17.2. The first-order valence-electron chi connectivity index (χ1n) is 6.91. The molecule has 0 aliphatic carbocycles. The monoisotopic (exact) mass is 336 g/mol. The molecule has 6 nitrogen and oxygen atoms in total. The van der Waals surface area contributed by atoms with Crippen molar-refractivity contribution in [3.05, 3.63) is 59.2 Å². The summed E-state index contributed by atoms with van der Waals surface area (Å²) >= 11 is 0. The van der Waals surface area contributed by atoms with Crippen LogP contribution >= 0.6 is 0 Å². The van der Waals surface area contributed by atoms with Gasteiger partial charge in [-0.05, 0) is 24.3 Å². The number of rotatable bonds is 5. The second-order valence-corrected chi connectivity index (χ2v) is 4.87. The Kier molecular flexibility index (Phi) is 5.31. The van der Waals surface area contributed by atoms with Crippen LogP contribution < -0.4 is 10.6 Å². The van der Waals surface area contributed by atoms with Gasteiger partial charge in [-0.25, -0.2) is 8.78 Å². The molecule has 0 fully saturated rings. The van der Waals surface area contributed by atoms with E-state index < -0.39 is 23.4 Å². The summed E-state index contributed by atoms with van der Waals surface area (Å²) in [6, 6.07) is 6.00. The Morgan fingerprint density at radius 1 is 0.875 bits per heavy atom. The molecule has 0 unspecified atom stereocenters. The highest BCUT2D eigenvalue weighted by Crippen LogP contribution is 2.20. The van der Waals surface area contributed by atoms with Crippen molar-refractivity contribution in [1.29, 1.82) is 0 Å². The number of benzene rings is 2. The van der Waals surface area contributed by atoms with Gasteiger partial charge < -0.3 is 20.8 Å². The molecule has 2 aromatic carbocycles. The number of hydrogen-bond acceptors (Lipinski definition) is 4. The molecule has 0 spiro atoms. The van der Waals surface area contributed by atoms with Crippen LogP contribution in [0.2, 0.25) is 0 Å². The van der Waals surface area contributed by atoms with Crippen LogP contribution in [0.5, 0.6) is 11.5 Å². The van der Waals surface area contributed by atoms with Gasteiger partial charge in [0.1, 0.15) is 23.1 Å². The molecule has 8 heteroatoms. The molecule has 0 bridgehead atoms. The van der Waals surface area contributed by atoms with Gasteiger partial charge in [0.15, 0.2) is 0 Å². The number of phenolic OH excluding ortho intramolecular Hbond substituents is 2. The molecule has 4 N–H and O–H groups in total. The zero-order chi connectivity index (χ0) is 17.7. The third-order valence-electron chi connectivity index (χ3n) is 3.04. The second-order valence-electron chi connectivity index (χ2n) is 4.87. The molecule has 0 radical (unpaired) electrons. The molecule has 0 heterocycles. The van der Waals surface area contributed by atoms with Gasteiger partial charge in [-0.1, -0.05) is 0 Å². The molecule has 126 valence electrons. The van der Waals surface area contributed by atoms with Crippen LogP contribution in [0.1, 0.15) is 20.7 Å². The van der Waals surface area contributed by atoms with Crippen LogP contribution in [0.25, 0.3) is 0 Å². The molecule has 0 atom stereocenters. The third-order valence-corrected chi connectivity index (χ3v) is 3.04. The lowest BCUT2D eigenvalue weighted by Gasteiger charge is -2.08.